The van der Waals surface area contributed by atoms with Crippen LogP contribution in [0.4, 0.5) is 0 Å². The van der Waals surface area contributed by atoms with E-state index >= 15 is 0 Å². The lowest BCUT2D eigenvalue weighted by Gasteiger charge is -2.20. The average Bonchev–Trinajstić information content (AvgIpc) is 3.53. The Balaban J connectivity index is 3.37. The van der Waals surface area contributed by atoms with Crippen molar-refractivity contribution in [2.24, 2.45) is 0 Å². The van der Waals surface area contributed by atoms with Crippen LogP contribution >= 0.6 is 0 Å². The molecule has 0 rings (SSSR count). The first-order valence-electron chi connectivity index (χ1n) is 40.3. The zero-order valence-electron chi connectivity index (χ0n) is 59.7. The Morgan fingerprint density at radius 3 is 0.818 bits per heavy atom. The van der Waals surface area contributed by atoms with Crippen LogP contribution in [0.15, 0.2) is 36.5 Å². The number of carbonyl (C=O) groups is 2. The van der Waals surface area contributed by atoms with Crippen molar-refractivity contribution < 1.29 is 24.5 Å². The van der Waals surface area contributed by atoms with Gasteiger partial charge < -0.3 is 20.3 Å². The van der Waals surface area contributed by atoms with Crippen molar-refractivity contribution in [3.63, 3.8) is 0 Å². The van der Waals surface area contributed by atoms with Gasteiger partial charge in [0.2, 0.25) is 5.91 Å². The zero-order chi connectivity index (χ0) is 63.5. The third-order valence-electron chi connectivity index (χ3n) is 18.9. The van der Waals surface area contributed by atoms with Crippen LogP contribution in [0, 0.1) is 0 Å². The lowest BCUT2D eigenvalue weighted by Crippen LogP contribution is -2.45. The van der Waals surface area contributed by atoms with Gasteiger partial charge in [0.15, 0.2) is 0 Å². The van der Waals surface area contributed by atoms with Gasteiger partial charge in [0, 0.05) is 12.8 Å². The van der Waals surface area contributed by atoms with Crippen molar-refractivity contribution in [3.8, 4) is 0 Å². The second-order valence-corrected chi connectivity index (χ2v) is 27.7. The van der Waals surface area contributed by atoms with Gasteiger partial charge in [-0.25, -0.2) is 0 Å². The van der Waals surface area contributed by atoms with Crippen molar-refractivity contribution in [2.75, 3.05) is 13.2 Å². The van der Waals surface area contributed by atoms with E-state index in [0.29, 0.717) is 19.4 Å². The summed E-state index contributed by atoms with van der Waals surface area (Å²) in [6.45, 7) is 4.93. The highest BCUT2D eigenvalue weighted by Crippen LogP contribution is 2.20. The molecule has 0 spiro atoms. The first-order chi connectivity index (χ1) is 43.5. The minimum Gasteiger partial charge on any atom is -0.466 e. The number of aliphatic hydroxyl groups is 2. The predicted octanol–water partition coefficient (Wildman–Crippen LogP) is 26.6. The fourth-order valence-corrected chi connectivity index (χ4v) is 12.7. The molecule has 0 aliphatic carbocycles. The van der Waals surface area contributed by atoms with Gasteiger partial charge in [-0.15, -0.1) is 0 Å². The van der Waals surface area contributed by atoms with E-state index in [9.17, 15) is 19.8 Å². The molecule has 0 saturated heterocycles. The number of ether oxygens (including phenoxy) is 1. The molecule has 0 saturated carbocycles. The Morgan fingerprint density at radius 1 is 0.307 bits per heavy atom. The van der Waals surface area contributed by atoms with Gasteiger partial charge in [-0.05, 0) is 83.5 Å². The van der Waals surface area contributed by atoms with Gasteiger partial charge >= 0.3 is 5.97 Å². The van der Waals surface area contributed by atoms with Crippen molar-refractivity contribution >= 4 is 11.9 Å². The van der Waals surface area contributed by atoms with Crippen molar-refractivity contribution in [1.29, 1.82) is 0 Å². The van der Waals surface area contributed by atoms with E-state index in [1.165, 1.54) is 379 Å². The third-order valence-corrected chi connectivity index (χ3v) is 18.9. The number of carbonyl (C=O) groups excluding carboxylic acids is 2. The van der Waals surface area contributed by atoms with Gasteiger partial charge in [-0.1, -0.05) is 391 Å². The smallest absolute Gasteiger partial charge is 0.305 e. The van der Waals surface area contributed by atoms with Crippen LogP contribution in [0.5, 0.6) is 0 Å². The predicted molar refractivity (Wildman–Crippen MR) is 389 cm³/mol. The van der Waals surface area contributed by atoms with E-state index in [0.717, 1.165) is 44.9 Å². The summed E-state index contributed by atoms with van der Waals surface area (Å²) in [5.41, 5.74) is 0. The molecular formula is C82H157NO5. The molecule has 0 aliphatic rings. The molecule has 88 heavy (non-hydrogen) atoms. The molecule has 0 fully saturated rings. The Morgan fingerprint density at radius 2 is 0.534 bits per heavy atom. The Hall–Kier alpha value is -1.92. The molecule has 0 aromatic carbocycles. The Kier molecular flexibility index (Phi) is 75.8. The summed E-state index contributed by atoms with van der Waals surface area (Å²) in [7, 11) is 0. The van der Waals surface area contributed by atoms with Gasteiger partial charge in [-0.3, -0.25) is 9.59 Å². The fourth-order valence-electron chi connectivity index (χ4n) is 12.7. The maximum absolute atomic E-state index is 12.6. The van der Waals surface area contributed by atoms with Crippen LogP contribution in [0.2, 0.25) is 0 Å². The molecule has 1 amide bonds. The zero-order valence-corrected chi connectivity index (χ0v) is 59.7. The number of rotatable bonds is 76. The molecule has 520 valence electrons. The van der Waals surface area contributed by atoms with Crippen LogP contribution in [0.25, 0.3) is 0 Å². The summed E-state index contributed by atoms with van der Waals surface area (Å²) in [5, 5.41) is 23.3. The quantitative estimate of drug-likeness (QED) is 0.0320. The molecule has 0 aromatic heterocycles. The molecule has 3 N–H and O–H groups in total. The third kappa shape index (κ3) is 73.1. The molecule has 0 aromatic rings. The normalized spacial score (nSPS) is 12.6. The van der Waals surface area contributed by atoms with E-state index in [1.54, 1.807) is 6.08 Å². The number of esters is 1. The number of allylic oxidation sites excluding steroid dienone is 5. The minimum absolute atomic E-state index is 0.0113. The van der Waals surface area contributed by atoms with Crippen LogP contribution in [-0.2, 0) is 14.3 Å². The van der Waals surface area contributed by atoms with E-state index < -0.39 is 12.1 Å². The van der Waals surface area contributed by atoms with Gasteiger partial charge in [-0.2, -0.15) is 0 Å². The SMILES string of the molecule is CCCCCC/C=C\CCCCCCCC(=O)OCCCCCCCCCCCCCCCC/C=C\CCCCCCCCCCCCCCCCCCCC(=O)NC(CO)C(O)/C=C/CCCCCCCCCCCCCCCCCCCCCCC. The first kappa shape index (κ1) is 86.1. The second kappa shape index (κ2) is 77.5. The molecule has 2 atom stereocenters. The Labute approximate surface area is 551 Å². The summed E-state index contributed by atoms with van der Waals surface area (Å²) in [6, 6.07) is -0.627. The van der Waals surface area contributed by atoms with Gasteiger partial charge in [0.1, 0.15) is 0 Å². The molecule has 6 heteroatoms. The highest BCUT2D eigenvalue weighted by molar-refractivity contribution is 5.76. The number of unbranched alkanes of at least 4 members (excludes halogenated alkanes) is 61. The summed E-state index contributed by atoms with van der Waals surface area (Å²) in [5.74, 6) is -0.0482. The summed E-state index contributed by atoms with van der Waals surface area (Å²) in [4.78, 5) is 24.6. The second-order valence-electron chi connectivity index (χ2n) is 27.7. The van der Waals surface area contributed by atoms with E-state index in [4.69, 9.17) is 4.74 Å². The number of nitrogens with one attached hydrogen (secondary N) is 1. The summed E-state index contributed by atoms with van der Waals surface area (Å²) in [6.07, 6.45) is 101. The number of hydrogen-bond acceptors (Lipinski definition) is 5. The van der Waals surface area contributed by atoms with Crippen LogP contribution in [0.1, 0.15) is 450 Å². The lowest BCUT2D eigenvalue weighted by atomic mass is 10.0. The molecule has 6 nitrogen and oxygen atoms in total. The van der Waals surface area contributed by atoms with Crippen molar-refractivity contribution in [3.05, 3.63) is 36.5 Å². The highest BCUT2D eigenvalue weighted by atomic mass is 16.5. The van der Waals surface area contributed by atoms with Crippen LogP contribution in [-0.4, -0.2) is 47.4 Å². The fraction of sp³-hybridized carbons (Fsp3) is 0.902. The monoisotopic (exact) mass is 1240 g/mol. The maximum atomic E-state index is 12.6. The standard InChI is InChI=1S/C82H157NO5/c1-3-5-7-9-11-13-15-17-18-19-20-21-35-38-41-44-47-51-54-58-62-66-70-74-80(85)79(78-84)83-81(86)75-71-67-63-59-55-52-48-45-42-39-36-33-31-29-27-25-23-22-24-26-28-30-32-34-37-40-43-46-49-53-57-61-65-69-73-77-88-82(87)76-72-68-64-60-56-50-16-14-12-10-8-6-4-2/h14,16,24,26,70,74,79-80,84-85H,3-13,15,17-23,25,27-69,71-73,75-78H2,1-2H3,(H,83,86)/b16-14-,26-24-,74-70+. The molecule has 0 radical (unpaired) electrons. The minimum atomic E-state index is -0.844. The average molecular weight is 1240 g/mol. The molecule has 0 aliphatic heterocycles. The van der Waals surface area contributed by atoms with Crippen LogP contribution < -0.4 is 5.32 Å². The van der Waals surface area contributed by atoms with Crippen LogP contribution in [0.3, 0.4) is 0 Å². The molecular weight excluding hydrogens is 1080 g/mol. The largest absolute Gasteiger partial charge is 0.466 e. The molecule has 0 bridgehead atoms. The summed E-state index contributed by atoms with van der Waals surface area (Å²) >= 11 is 0. The van der Waals surface area contributed by atoms with Crippen molar-refractivity contribution in [2.45, 2.75) is 463 Å². The lowest BCUT2D eigenvalue weighted by molar-refractivity contribution is -0.143. The van der Waals surface area contributed by atoms with Crippen molar-refractivity contribution in [1.82, 2.24) is 5.32 Å². The molecule has 2 unspecified atom stereocenters. The highest BCUT2D eigenvalue weighted by Gasteiger charge is 2.18. The number of amides is 1. The van der Waals surface area contributed by atoms with Gasteiger partial charge in [0.05, 0.1) is 25.4 Å². The Bertz CT molecular complexity index is 1430. The topological polar surface area (TPSA) is 95.9 Å². The van der Waals surface area contributed by atoms with E-state index in [2.05, 4.69) is 43.5 Å². The van der Waals surface area contributed by atoms with E-state index in [1.807, 2.05) is 6.08 Å². The number of hydrogen-bond donors (Lipinski definition) is 3. The number of aliphatic hydroxyl groups excluding tert-OH is 2. The van der Waals surface area contributed by atoms with E-state index in [-0.39, 0.29) is 18.5 Å². The first-order valence-corrected chi connectivity index (χ1v) is 40.3. The van der Waals surface area contributed by atoms with Gasteiger partial charge in [0.25, 0.3) is 0 Å². The summed E-state index contributed by atoms with van der Waals surface area (Å²) < 4.78 is 5.49. The molecule has 0 heterocycles. The maximum Gasteiger partial charge on any atom is 0.305 e.